The molecule has 0 aromatic heterocycles. The Balaban J connectivity index is 3.37. The van der Waals surface area contributed by atoms with Crippen molar-refractivity contribution in [2.75, 3.05) is 0 Å². The number of hydrogen-bond acceptors (Lipinski definition) is 2. The highest BCUT2D eigenvalue weighted by Crippen LogP contribution is 2.25. The van der Waals surface area contributed by atoms with Crippen molar-refractivity contribution in [3.05, 3.63) is 38.4 Å². The lowest BCUT2D eigenvalue weighted by Gasteiger charge is -1.95. The van der Waals surface area contributed by atoms with Gasteiger partial charge >= 0.3 is 5.69 Å². The molecule has 0 aliphatic rings. The van der Waals surface area contributed by atoms with Gasteiger partial charge in [0.05, 0.1) is 15.5 Å². The van der Waals surface area contributed by atoms with E-state index < -0.39 is 22.2 Å². The molecule has 0 atom stereocenters. The molecule has 64 valence electrons. The molecule has 0 amide bonds. The van der Waals surface area contributed by atoms with Crippen molar-refractivity contribution in [3.8, 4) is 0 Å². The van der Waals surface area contributed by atoms with Crippen LogP contribution in [0.15, 0.2) is 16.6 Å². The van der Waals surface area contributed by atoms with Gasteiger partial charge in [0.15, 0.2) is 0 Å². The minimum absolute atomic E-state index is 0.255. The maximum Gasteiger partial charge on any atom is 0.308 e. The summed E-state index contributed by atoms with van der Waals surface area (Å²) in [4.78, 5) is 9.12. The Hall–Kier alpha value is -1.04. The van der Waals surface area contributed by atoms with Crippen LogP contribution in [0.3, 0.4) is 0 Å². The van der Waals surface area contributed by atoms with Crippen LogP contribution in [0.25, 0.3) is 0 Å². The Morgan fingerprint density at radius 2 is 2.00 bits per heavy atom. The van der Waals surface area contributed by atoms with Gasteiger partial charge < -0.3 is 0 Å². The Bertz CT molecular complexity index is 343. The molecule has 0 aliphatic carbocycles. The molecule has 0 unspecified atom stereocenters. The summed E-state index contributed by atoms with van der Waals surface area (Å²) in [6.07, 6.45) is 0. The monoisotopic (exact) mass is 237 g/mol. The van der Waals surface area contributed by atoms with E-state index in [1.807, 2.05) is 0 Å². The van der Waals surface area contributed by atoms with Crippen molar-refractivity contribution in [3.63, 3.8) is 0 Å². The minimum atomic E-state index is -1.07. The number of nitrogens with zero attached hydrogens (tertiary/aromatic N) is 1. The van der Waals surface area contributed by atoms with E-state index in [-0.39, 0.29) is 4.47 Å². The first kappa shape index (κ1) is 9.05. The molecule has 1 aromatic rings. The van der Waals surface area contributed by atoms with Crippen molar-refractivity contribution >= 4 is 21.6 Å². The number of nitro groups is 1. The van der Waals surface area contributed by atoms with E-state index in [4.69, 9.17) is 0 Å². The van der Waals surface area contributed by atoms with Gasteiger partial charge in [-0.1, -0.05) is 0 Å². The molecule has 0 saturated carbocycles. The van der Waals surface area contributed by atoms with Crippen LogP contribution in [-0.4, -0.2) is 4.92 Å². The van der Waals surface area contributed by atoms with Gasteiger partial charge in [0, 0.05) is 0 Å². The van der Waals surface area contributed by atoms with Gasteiger partial charge in [-0.3, -0.25) is 10.1 Å². The third-order valence-electron chi connectivity index (χ3n) is 1.17. The zero-order chi connectivity index (χ0) is 9.30. The van der Waals surface area contributed by atoms with E-state index in [1.165, 1.54) is 0 Å². The number of benzene rings is 1. The Kier molecular flexibility index (Phi) is 2.37. The Morgan fingerprint density at radius 3 is 2.50 bits per heavy atom. The van der Waals surface area contributed by atoms with E-state index >= 15 is 0 Å². The van der Waals surface area contributed by atoms with Gasteiger partial charge in [-0.25, -0.2) is 4.39 Å². The van der Waals surface area contributed by atoms with E-state index in [1.54, 1.807) is 0 Å². The average Bonchev–Trinajstić information content (AvgIpc) is 1.96. The largest absolute Gasteiger partial charge is 0.308 e. The minimum Gasteiger partial charge on any atom is -0.258 e. The van der Waals surface area contributed by atoms with E-state index in [0.29, 0.717) is 6.07 Å². The third-order valence-corrected chi connectivity index (χ3v) is 1.75. The zero-order valence-corrected chi connectivity index (χ0v) is 7.14. The molecule has 1 aromatic carbocycles. The van der Waals surface area contributed by atoms with Crippen LogP contribution in [0, 0.1) is 21.7 Å². The van der Waals surface area contributed by atoms with Gasteiger partial charge in [-0.2, -0.15) is 4.39 Å². The van der Waals surface area contributed by atoms with Crippen molar-refractivity contribution < 1.29 is 13.7 Å². The number of rotatable bonds is 1. The summed E-state index contributed by atoms with van der Waals surface area (Å²) in [6.45, 7) is 0. The van der Waals surface area contributed by atoms with Crippen LogP contribution in [0.2, 0.25) is 0 Å². The lowest BCUT2D eigenvalue weighted by atomic mass is 10.3. The van der Waals surface area contributed by atoms with E-state index in [0.717, 1.165) is 6.07 Å². The second kappa shape index (κ2) is 3.14. The molecule has 6 heteroatoms. The molecule has 0 saturated heterocycles. The SMILES string of the molecule is O=[N+]([O-])c1cc(F)cc(Br)c1F. The summed E-state index contributed by atoms with van der Waals surface area (Å²) < 4.78 is 25.0. The quantitative estimate of drug-likeness (QED) is 0.428. The fourth-order valence-corrected chi connectivity index (χ4v) is 1.10. The first-order valence-corrected chi connectivity index (χ1v) is 3.60. The normalized spacial score (nSPS) is 9.92. The summed E-state index contributed by atoms with van der Waals surface area (Å²) in [6, 6.07) is 1.35. The molecule has 0 radical (unpaired) electrons. The second-order valence-corrected chi connectivity index (χ2v) is 2.83. The van der Waals surface area contributed by atoms with Gasteiger partial charge in [-0.05, 0) is 22.0 Å². The standard InChI is InChI=1S/C6H2BrF2NO2/c7-4-1-3(8)2-5(6(4)9)10(11)12/h1-2H. The second-order valence-electron chi connectivity index (χ2n) is 1.98. The molecule has 12 heavy (non-hydrogen) atoms. The smallest absolute Gasteiger partial charge is 0.258 e. The molecule has 0 spiro atoms. The maximum atomic E-state index is 12.8. The van der Waals surface area contributed by atoms with Crippen LogP contribution in [-0.2, 0) is 0 Å². The predicted octanol–water partition coefficient (Wildman–Crippen LogP) is 2.64. The van der Waals surface area contributed by atoms with Gasteiger partial charge in [0.1, 0.15) is 5.82 Å². The molecule has 3 nitrogen and oxygen atoms in total. The van der Waals surface area contributed by atoms with Crippen molar-refractivity contribution in [1.29, 1.82) is 0 Å². The summed E-state index contributed by atoms with van der Waals surface area (Å²) in [5, 5.41) is 10.1. The third kappa shape index (κ3) is 1.58. The highest BCUT2D eigenvalue weighted by molar-refractivity contribution is 9.10. The maximum absolute atomic E-state index is 12.8. The molecular formula is C6H2BrF2NO2. The van der Waals surface area contributed by atoms with Crippen LogP contribution in [0.5, 0.6) is 0 Å². The molecule has 0 aliphatic heterocycles. The number of halogens is 3. The molecular weight excluding hydrogens is 236 g/mol. The molecule has 0 fully saturated rings. The van der Waals surface area contributed by atoms with Crippen molar-refractivity contribution in [1.82, 2.24) is 0 Å². The average molecular weight is 238 g/mol. The molecule has 0 N–H and O–H groups in total. The molecule has 0 heterocycles. The number of nitro benzene ring substituents is 1. The molecule has 1 rings (SSSR count). The van der Waals surface area contributed by atoms with Crippen LogP contribution in [0.4, 0.5) is 14.5 Å². The first-order chi connectivity index (χ1) is 5.52. The highest BCUT2D eigenvalue weighted by Gasteiger charge is 2.18. The Morgan fingerprint density at radius 1 is 1.42 bits per heavy atom. The van der Waals surface area contributed by atoms with Gasteiger partial charge in [-0.15, -0.1) is 0 Å². The first-order valence-electron chi connectivity index (χ1n) is 2.81. The zero-order valence-electron chi connectivity index (χ0n) is 5.55. The number of hydrogen-bond donors (Lipinski definition) is 0. The van der Waals surface area contributed by atoms with Crippen LogP contribution >= 0.6 is 15.9 Å². The lowest BCUT2D eigenvalue weighted by molar-refractivity contribution is -0.387. The van der Waals surface area contributed by atoms with Crippen LogP contribution in [0.1, 0.15) is 0 Å². The van der Waals surface area contributed by atoms with Crippen molar-refractivity contribution in [2.24, 2.45) is 0 Å². The lowest BCUT2D eigenvalue weighted by Crippen LogP contribution is -1.94. The summed E-state index contributed by atoms with van der Waals surface area (Å²) in [7, 11) is 0. The Labute approximate surface area is 74.3 Å². The predicted molar refractivity (Wildman–Crippen MR) is 40.7 cm³/mol. The van der Waals surface area contributed by atoms with E-state index in [2.05, 4.69) is 15.9 Å². The van der Waals surface area contributed by atoms with Gasteiger partial charge in [0.2, 0.25) is 5.82 Å². The topological polar surface area (TPSA) is 43.1 Å². The van der Waals surface area contributed by atoms with Gasteiger partial charge in [0.25, 0.3) is 0 Å². The fraction of sp³-hybridized carbons (Fsp3) is 0. The highest BCUT2D eigenvalue weighted by atomic mass is 79.9. The summed E-state index contributed by atoms with van der Waals surface area (Å²) in [5.74, 6) is -1.92. The fourth-order valence-electron chi connectivity index (χ4n) is 0.675. The summed E-state index contributed by atoms with van der Waals surface area (Å²) >= 11 is 2.65. The van der Waals surface area contributed by atoms with Crippen molar-refractivity contribution in [2.45, 2.75) is 0 Å². The molecule has 0 bridgehead atoms. The van der Waals surface area contributed by atoms with E-state index in [9.17, 15) is 18.9 Å². The summed E-state index contributed by atoms with van der Waals surface area (Å²) in [5.41, 5.74) is -0.873. The van der Waals surface area contributed by atoms with Crippen LogP contribution < -0.4 is 0 Å².